The van der Waals surface area contributed by atoms with Gasteiger partial charge in [-0.1, -0.05) is 48.5 Å². The van der Waals surface area contributed by atoms with Gasteiger partial charge in [0.1, 0.15) is 10.6 Å². The predicted molar refractivity (Wildman–Crippen MR) is 116 cm³/mol. The first-order chi connectivity index (χ1) is 14.6. The zero-order valence-electron chi connectivity index (χ0n) is 16.8. The lowest BCUT2D eigenvalue weighted by Crippen LogP contribution is -2.38. The second-order valence-electron chi connectivity index (χ2n) is 7.19. The number of sulfonamides is 1. The number of hydrogen-bond donors (Lipinski definition) is 1. The molecule has 2 heterocycles. The summed E-state index contributed by atoms with van der Waals surface area (Å²) in [4.78, 5) is 2.48. The molecule has 1 aliphatic rings. The summed E-state index contributed by atoms with van der Waals surface area (Å²) in [6, 6.07) is 18.9. The van der Waals surface area contributed by atoms with E-state index in [1.165, 1.54) is 0 Å². The van der Waals surface area contributed by atoms with E-state index in [4.69, 9.17) is 4.74 Å². The van der Waals surface area contributed by atoms with E-state index in [0.717, 1.165) is 50.5 Å². The van der Waals surface area contributed by atoms with Crippen LogP contribution in [0.25, 0.3) is 16.9 Å². The topological polar surface area (TPSA) is 76.5 Å². The molecule has 1 N–H and O–H groups in total. The first-order valence-corrected chi connectivity index (χ1v) is 11.6. The number of aromatic nitrogens is 2. The van der Waals surface area contributed by atoms with E-state index in [1.807, 2.05) is 60.7 Å². The lowest BCUT2D eigenvalue weighted by atomic mass is 10.2. The number of rotatable bonds is 8. The van der Waals surface area contributed by atoms with Crippen LogP contribution in [0.3, 0.4) is 0 Å². The second-order valence-corrected chi connectivity index (χ2v) is 8.93. The van der Waals surface area contributed by atoms with E-state index in [9.17, 15) is 8.42 Å². The highest BCUT2D eigenvalue weighted by Gasteiger charge is 2.24. The molecular formula is C22H26N4O3S. The van der Waals surface area contributed by atoms with Crippen LogP contribution >= 0.6 is 0 Å². The minimum atomic E-state index is -3.71. The van der Waals surface area contributed by atoms with Crippen LogP contribution in [0.1, 0.15) is 6.42 Å². The Hall–Kier alpha value is -2.52. The second kappa shape index (κ2) is 9.53. The van der Waals surface area contributed by atoms with Crippen molar-refractivity contribution in [3.05, 3.63) is 66.9 Å². The minimum absolute atomic E-state index is 0.184. The number of nitrogens with zero attached hydrogens (tertiary/aromatic N) is 3. The lowest BCUT2D eigenvalue weighted by Gasteiger charge is -2.26. The van der Waals surface area contributed by atoms with Crippen LogP contribution in [0.4, 0.5) is 0 Å². The van der Waals surface area contributed by atoms with Crippen molar-refractivity contribution in [1.82, 2.24) is 19.4 Å². The molecule has 30 heavy (non-hydrogen) atoms. The number of hydrogen-bond acceptors (Lipinski definition) is 5. The molecular weight excluding hydrogens is 400 g/mol. The molecule has 0 unspecified atom stereocenters. The van der Waals surface area contributed by atoms with Crippen LogP contribution in [0.15, 0.2) is 71.8 Å². The van der Waals surface area contributed by atoms with Crippen LogP contribution in [-0.2, 0) is 14.8 Å². The smallest absolute Gasteiger partial charge is 0.244 e. The van der Waals surface area contributed by atoms with Gasteiger partial charge in [-0.2, -0.15) is 5.10 Å². The summed E-state index contributed by atoms with van der Waals surface area (Å²) in [5, 5.41) is 4.59. The largest absolute Gasteiger partial charge is 0.379 e. The average molecular weight is 427 g/mol. The monoisotopic (exact) mass is 426 g/mol. The summed E-state index contributed by atoms with van der Waals surface area (Å²) in [7, 11) is -3.71. The molecule has 1 aromatic heterocycles. The third-order valence-corrected chi connectivity index (χ3v) is 6.55. The van der Waals surface area contributed by atoms with Crippen molar-refractivity contribution in [2.24, 2.45) is 0 Å². The van der Waals surface area contributed by atoms with Gasteiger partial charge in [0.05, 0.1) is 25.1 Å². The fraction of sp³-hybridized carbons (Fsp3) is 0.318. The molecule has 3 aromatic rings. The molecule has 1 saturated heterocycles. The molecule has 0 atom stereocenters. The fourth-order valence-corrected chi connectivity index (χ4v) is 4.70. The summed E-state index contributed by atoms with van der Waals surface area (Å²) < 4.78 is 36.0. The Morgan fingerprint density at radius 1 is 0.967 bits per heavy atom. The zero-order chi connectivity index (χ0) is 20.8. The van der Waals surface area contributed by atoms with Gasteiger partial charge in [0.15, 0.2) is 0 Å². The number of benzene rings is 2. The van der Waals surface area contributed by atoms with Crippen molar-refractivity contribution in [2.75, 3.05) is 39.4 Å². The Labute approximate surface area is 177 Å². The molecule has 4 rings (SSSR count). The quantitative estimate of drug-likeness (QED) is 0.560. The van der Waals surface area contributed by atoms with Crippen LogP contribution < -0.4 is 4.72 Å². The van der Waals surface area contributed by atoms with Gasteiger partial charge in [-0.15, -0.1) is 0 Å². The molecule has 0 spiro atoms. The fourth-order valence-electron chi connectivity index (χ4n) is 3.48. The van der Waals surface area contributed by atoms with Crippen molar-refractivity contribution >= 4 is 10.0 Å². The van der Waals surface area contributed by atoms with Gasteiger partial charge in [-0.3, -0.25) is 4.90 Å². The van der Waals surface area contributed by atoms with Gasteiger partial charge < -0.3 is 4.74 Å². The molecule has 0 bridgehead atoms. The summed E-state index contributed by atoms with van der Waals surface area (Å²) >= 11 is 0. The first-order valence-electron chi connectivity index (χ1n) is 10.1. The molecule has 1 aliphatic heterocycles. The van der Waals surface area contributed by atoms with Gasteiger partial charge in [-0.05, 0) is 25.1 Å². The molecule has 2 aromatic carbocycles. The number of morpholine rings is 1. The molecule has 0 saturated carbocycles. The minimum Gasteiger partial charge on any atom is -0.379 e. The highest BCUT2D eigenvalue weighted by atomic mass is 32.2. The number of para-hydroxylation sites is 1. The first kappa shape index (κ1) is 20.7. The van der Waals surface area contributed by atoms with Gasteiger partial charge in [0.2, 0.25) is 10.0 Å². The number of ether oxygens (including phenoxy) is 1. The highest BCUT2D eigenvalue weighted by Crippen LogP contribution is 2.27. The SMILES string of the molecule is O=S(=O)(NCCCN1CCOCC1)c1cn(-c2ccccc2)nc1-c1ccccc1. The third kappa shape index (κ3) is 4.96. The van der Waals surface area contributed by atoms with Gasteiger partial charge in [0, 0.05) is 25.2 Å². The van der Waals surface area contributed by atoms with Crippen molar-refractivity contribution in [3.8, 4) is 16.9 Å². The summed E-state index contributed by atoms with van der Waals surface area (Å²) in [5.74, 6) is 0. The predicted octanol–water partition coefficient (Wildman–Crippen LogP) is 2.54. The zero-order valence-corrected chi connectivity index (χ0v) is 17.6. The van der Waals surface area contributed by atoms with E-state index < -0.39 is 10.0 Å². The van der Waals surface area contributed by atoms with Crippen LogP contribution in [0.5, 0.6) is 0 Å². The van der Waals surface area contributed by atoms with E-state index in [2.05, 4.69) is 14.7 Å². The Bertz CT molecular complexity index is 1050. The van der Waals surface area contributed by atoms with Crippen molar-refractivity contribution < 1.29 is 13.2 Å². The average Bonchev–Trinajstić information content (AvgIpc) is 3.25. The van der Waals surface area contributed by atoms with Crippen LogP contribution in [0, 0.1) is 0 Å². The molecule has 0 aliphatic carbocycles. The summed E-state index contributed by atoms with van der Waals surface area (Å²) in [6.07, 6.45) is 2.33. The van der Waals surface area contributed by atoms with Crippen LogP contribution in [-0.4, -0.2) is 62.5 Å². The van der Waals surface area contributed by atoms with Crippen molar-refractivity contribution in [1.29, 1.82) is 0 Å². The van der Waals surface area contributed by atoms with E-state index in [-0.39, 0.29) is 4.90 Å². The summed E-state index contributed by atoms with van der Waals surface area (Å²) in [5.41, 5.74) is 2.02. The normalized spacial score (nSPS) is 15.3. The Morgan fingerprint density at radius 3 is 2.33 bits per heavy atom. The maximum atomic E-state index is 13.1. The van der Waals surface area contributed by atoms with Crippen LogP contribution in [0.2, 0.25) is 0 Å². The molecule has 8 heteroatoms. The molecule has 1 fully saturated rings. The molecule has 0 amide bonds. The van der Waals surface area contributed by atoms with E-state index in [0.29, 0.717) is 12.2 Å². The summed E-state index contributed by atoms with van der Waals surface area (Å²) in [6.45, 7) is 4.50. The van der Waals surface area contributed by atoms with Gasteiger partial charge >= 0.3 is 0 Å². The van der Waals surface area contributed by atoms with E-state index >= 15 is 0 Å². The van der Waals surface area contributed by atoms with Gasteiger partial charge in [0.25, 0.3) is 0 Å². The van der Waals surface area contributed by atoms with E-state index in [1.54, 1.807) is 10.9 Å². The third-order valence-electron chi connectivity index (χ3n) is 5.09. The Kier molecular flexibility index (Phi) is 6.59. The molecule has 0 radical (unpaired) electrons. The van der Waals surface area contributed by atoms with Gasteiger partial charge in [-0.25, -0.2) is 17.8 Å². The standard InChI is InChI=1S/C22H26N4O3S/c27-30(28,23-12-7-13-25-14-16-29-17-15-25)21-18-26(20-10-5-2-6-11-20)24-22(21)19-8-3-1-4-9-19/h1-6,8-11,18,23H,7,12-17H2. The molecule has 7 nitrogen and oxygen atoms in total. The van der Waals surface area contributed by atoms with Crippen molar-refractivity contribution in [2.45, 2.75) is 11.3 Å². The van der Waals surface area contributed by atoms with Crippen molar-refractivity contribution in [3.63, 3.8) is 0 Å². The Morgan fingerprint density at radius 2 is 1.63 bits per heavy atom. The highest BCUT2D eigenvalue weighted by molar-refractivity contribution is 7.89. The maximum Gasteiger partial charge on any atom is 0.244 e. The molecule has 158 valence electrons. The Balaban J connectivity index is 1.54. The number of nitrogens with one attached hydrogen (secondary N) is 1. The lowest BCUT2D eigenvalue weighted by molar-refractivity contribution is 0.0376. The maximum absolute atomic E-state index is 13.1.